The number of para-hydroxylation sites is 2. The van der Waals surface area contributed by atoms with E-state index in [-0.39, 0.29) is 17.1 Å². The van der Waals surface area contributed by atoms with Crippen molar-refractivity contribution in [1.29, 1.82) is 0 Å². The summed E-state index contributed by atoms with van der Waals surface area (Å²) in [5.74, 6) is -1.15. The van der Waals surface area contributed by atoms with Gasteiger partial charge in [-0.25, -0.2) is 10.1 Å². The summed E-state index contributed by atoms with van der Waals surface area (Å²) in [5.41, 5.74) is 0.138. The van der Waals surface area contributed by atoms with Crippen LogP contribution in [-0.4, -0.2) is 16.3 Å². The van der Waals surface area contributed by atoms with Crippen molar-refractivity contribution in [3.8, 4) is 0 Å². The molecule has 0 bridgehead atoms. The van der Waals surface area contributed by atoms with Crippen LogP contribution < -0.4 is 10.1 Å². The molecule has 0 atom stereocenters. The second kappa shape index (κ2) is 3.96. The predicted molar refractivity (Wildman–Crippen MR) is 58.5 cm³/mol. The molecule has 7 nitrogen and oxygen atoms in total. The van der Waals surface area contributed by atoms with Gasteiger partial charge in [0.1, 0.15) is 0 Å². The largest absolute Gasteiger partial charge is 0.337 e. The van der Waals surface area contributed by atoms with Crippen LogP contribution in [0.5, 0.6) is 0 Å². The molecule has 17 heavy (non-hydrogen) atoms. The fourth-order valence-corrected chi connectivity index (χ4v) is 1.67. The number of hydrogen-bond acceptors (Lipinski definition) is 6. The maximum atomic E-state index is 11.3. The van der Waals surface area contributed by atoms with E-state index in [0.29, 0.717) is 10.8 Å². The summed E-state index contributed by atoms with van der Waals surface area (Å²) in [6.45, 7) is 1.39. The van der Waals surface area contributed by atoms with Gasteiger partial charge in [-0.15, -0.1) is 4.91 Å². The Morgan fingerprint density at radius 2 is 1.71 bits per heavy atom. The summed E-state index contributed by atoms with van der Waals surface area (Å²) in [6.07, 6.45) is 0. The summed E-state index contributed by atoms with van der Waals surface area (Å²) < 4.78 is 0. The third-order valence-electron chi connectivity index (χ3n) is 2.50. The first kappa shape index (κ1) is 11.2. The Morgan fingerprint density at radius 1 is 1.18 bits per heavy atom. The Bertz CT molecular complexity index is 526. The monoisotopic (exact) mass is 235 g/mol. The number of hydroxylamine groups is 2. The summed E-state index contributed by atoms with van der Waals surface area (Å²) >= 11 is 0. The van der Waals surface area contributed by atoms with Crippen LogP contribution in [0.2, 0.25) is 0 Å². The second-order valence-corrected chi connectivity index (χ2v) is 3.44. The van der Waals surface area contributed by atoms with Crippen molar-refractivity contribution in [1.82, 2.24) is 0 Å². The molecule has 7 heteroatoms. The third-order valence-corrected chi connectivity index (χ3v) is 2.50. The number of rotatable bonds is 1. The molecule has 0 radical (unpaired) electrons. The van der Waals surface area contributed by atoms with Crippen LogP contribution in [0.4, 0.5) is 11.4 Å². The van der Waals surface area contributed by atoms with Crippen molar-refractivity contribution < 1.29 is 15.2 Å². The Balaban J connectivity index is 2.61. The van der Waals surface area contributed by atoms with Gasteiger partial charge in [-0.3, -0.25) is 15.2 Å². The molecular weight excluding hydrogens is 226 g/mol. The normalized spacial score (nSPS) is 14.8. The van der Waals surface area contributed by atoms with Crippen LogP contribution in [0.25, 0.3) is 0 Å². The summed E-state index contributed by atoms with van der Waals surface area (Å²) in [4.78, 5) is 21.5. The molecule has 0 aliphatic carbocycles. The van der Waals surface area contributed by atoms with Crippen molar-refractivity contribution in [3.05, 3.63) is 40.6 Å². The Morgan fingerprint density at radius 3 is 2.24 bits per heavy atom. The molecule has 0 fully saturated rings. The lowest BCUT2D eigenvalue weighted by molar-refractivity contribution is -0.115. The Hall–Kier alpha value is -2.25. The number of carbonyl (C=O) groups excluding carboxylic acids is 1. The van der Waals surface area contributed by atoms with Crippen molar-refractivity contribution in [2.45, 2.75) is 6.92 Å². The molecule has 0 saturated carbocycles. The number of fused-ring (bicyclic) bond motifs is 1. The maximum absolute atomic E-state index is 11.3. The highest BCUT2D eigenvalue weighted by Gasteiger charge is 2.31. The van der Waals surface area contributed by atoms with Crippen LogP contribution in [0, 0.1) is 4.91 Å². The van der Waals surface area contributed by atoms with E-state index >= 15 is 0 Å². The lowest BCUT2D eigenvalue weighted by Gasteiger charge is -2.32. The van der Waals surface area contributed by atoms with E-state index in [9.17, 15) is 20.1 Å². The van der Waals surface area contributed by atoms with Gasteiger partial charge < -0.3 is 0 Å². The van der Waals surface area contributed by atoms with Gasteiger partial charge in [0, 0.05) is 5.18 Å². The van der Waals surface area contributed by atoms with E-state index in [2.05, 4.69) is 5.18 Å². The number of amides is 1. The molecule has 88 valence electrons. The number of benzene rings is 1. The highest BCUT2D eigenvalue weighted by molar-refractivity contribution is 6.00. The fraction of sp³-hybridized carbons (Fsp3) is 0.100. The average molecular weight is 235 g/mol. The van der Waals surface area contributed by atoms with Crippen molar-refractivity contribution in [3.63, 3.8) is 0 Å². The molecule has 1 aromatic rings. The van der Waals surface area contributed by atoms with Crippen LogP contribution in [-0.2, 0) is 4.79 Å². The smallest absolute Gasteiger partial charge is 0.284 e. The molecule has 2 rings (SSSR count). The molecule has 1 aromatic carbocycles. The zero-order chi connectivity index (χ0) is 12.6. The molecule has 0 aromatic heterocycles. The van der Waals surface area contributed by atoms with Gasteiger partial charge in [-0.05, 0) is 19.1 Å². The molecule has 0 saturated heterocycles. The molecule has 0 spiro atoms. The fourth-order valence-electron chi connectivity index (χ4n) is 1.67. The van der Waals surface area contributed by atoms with E-state index in [1.807, 2.05) is 0 Å². The summed E-state index contributed by atoms with van der Waals surface area (Å²) in [5, 5.41) is 23.1. The first-order valence-corrected chi connectivity index (χ1v) is 4.73. The van der Waals surface area contributed by atoms with Gasteiger partial charge in [-0.1, -0.05) is 12.1 Å². The molecule has 2 N–H and O–H groups in total. The number of allylic oxidation sites excluding steroid dienone is 1. The second-order valence-electron chi connectivity index (χ2n) is 3.44. The zero-order valence-electron chi connectivity index (χ0n) is 8.86. The number of carbonyl (C=O) groups is 1. The van der Waals surface area contributed by atoms with E-state index in [1.54, 1.807) is 18.2 Å². The summed E-state index contributed by atoms with van der Waals surface area (Å²) in [7, 11) is 0. The maximum Gasteiger partial charge on any atom is 0.337 e. The first-order chi connectivity index (χ1) is 8.07. The molecular formula is C10H9N3O4. The van der Waals surface area contributed by atoms with Crippen molar-refractivity contribution >= 4 is 17.3 Å². The molecule has 1 amide bonds. The number of nitroso groups, excluding NO2 is 1. The van der Waals surface area contributed by atoms with E-state index in [1.165, 1.54) is 13.0 Å². The van der Waals surface area contributed by atoms with Gasteiger partial charge >= 0.3 is 5.91 Å². The number of anilines is 2. The Kier molecular flexibility index (Phi) is 2.62. The lowest BCUT2D eigenvalue weighted by atomic mass is 10.1. The van der Waals surface area contributed by atoms with Crippen LogP contribution in [0.15, 0.2) is 40.8 Å². The minimum Gasteiger partial charge on any atom is -0.284 e. The molecule has 1 heterocycles. The SMILES string of the molecule is CC1=C(C(=O)N=O)N(O)c2ccccc2N1O. The van der Waals surface area contributed by atoms with Gasteiger partial charge in [0.05, 0.1) is 17.1 Å². The quantitative estimate of drug-likeness (QED) is 0.718. The molecule has 0 unspecified atom stereocenters. The van der Waals surface area contributed by atoms with Gasteiger partial charge in [-0.2, -0.15) is 0 Å². The highest BCUT2D eigenvalue weighted by Crippen LogP contribution is 2.37. The van der Waals surface area contributed by atoms with E-state index in [4.69, 9.17) is 0 Å². The van der Waals surface area contributed by atoms with E-state index < -0.39 is 5.91 Å². The predicted octanol–water partition coefficient (Wildman–Crippen LogP) is 1.62. The van der Waals surface area contributed by atoms with Crippen molar-refractivity contribution in [2.24, 2.45) is 5.18 Å². The van der Waals surface area contributed by atoms with E-state index in [0.717, 1.165) is 5.06 Å². The van der Waals surface area contributed by atoms with Crippen molar-refractivity contribution in [2.75, 3.05) is 10.1 Å². The van der Waals surface area contributed by atoms with Crippen LogP contribution in [0.1, 0.15) is 6.92 Å². The number of nitrogens with zero attached hydrogens (tertiary/aromatic N) is 3. The van der Waals surface area contributed by atoms with Gasteiger partial charge in [0.25, 0.3) is 0 Å². The molecule has 1 aliphatic heterocycles. The molecule has 1 aliphatic rings. The van der Waals surface area contributed by atoms with Crippen LogP contribution in [0.3, 0.4) is 0 Å². The minimum absolute atomic E-state index is 0.0239. The number of hydrogen-bond donors (Lipinski definition) is 2. The first-order valence-electron chi connectivity index (χ1n) is 4.73. The topological polar surface area (TPSA) is 93.4 Å². The average Bonchev–Trinajstić information content (AvgIpc) is 2.36. The van der Waals surface area contributed by atoms with Gasteiger partial charge in [0.15, 0.2) is 5.70 Å². The summed E-state index contributed by atoms with van der Waals surface area (Å²) in [6, 6.07) is 6.32. The third kappa shape index (κ3) is 1.57. The standard InChI is InChI=1S/C10H9N3O4/c1-6-9(10(14)11-15)13(17)8-5-3-2-4-7(8)12(6)16/h2-5,16-17H,1H3. The van der Waals surface area contributed by atoms with Crippen LogP contribution >= 0.6 is 0 Å². The van der Waals surface area contributed by atoms with Gasteiger partial charge in [0.2, 0.25) is 0 Å². The lowest BCUT2D eigenvalue weighted by Crippen LogP contribution is -2.34. The minimum atomic E-state index is -1.15. The highest BCUT2D eigenvalue weighted by atomic mass is 16.5. The Labute approximate surface area is 96.1 Å². The zero-order valence-corrected chi connectivity index (χ0v) is 8.86.